The van der Waals surface area contributed by atoms with E-state index in [1.807, 2.05) is 6.92 Å². The Kier molecular flexibility index (Phi) is 4.99. The number of ether oxygens (including phenoxy) is 1. The van der Waals surface area contributed by atoms with Crippen LogP contribution in [0.4, 0.5) is 0 Å². The number of rotatable bonds is 4. The summed E-state index contributed by atoms with van der Waals surface area (Å²) >= 11 is 0. The van der Waals surface area contributed by atoms with Gasteiger partial charge in [-0.2, -0.15) is 0 Å². The van der Waals surface area contributed by atoms with Gasteiger partial charge in [-0.05, 0) is 35.8 Å². The van der Waals surface area contributed by atoms with Gasteiger partial charge in [0.25, 0.3) is 5.88 Å². The zero-order valence-electron chi connectivity index (χ0n) is 11.4. The van der Waals surface area contributed by atoms with E-state index in [1.54, 1.807) is 0 Å². The molecular weight excluding hydrogens is 242 g/mol. The molecule has 1 aromatic rings. The molecule has 0 aliphatic carbocycles. The Labute approximate surface area is 113 Å². The topological polar surface area (TPSA) is 60.2 Å². The number of hydrogen-bond donors (Lipinski definition) is 1. The third-order valence-corrected chi connectivity index (χ3v) is 2.93. The van der Waals surface area contributed by atoms with Crippen LogP contribution in [-0.2, 0) is 0 Å². The largest absolute Gasteiger partial charge is 0.473 e. The van der Waals surface area contributed by atoms with Gasteiger partial charge in [0.2, 0.25) is 0 Å². The van der Waals surface area contributed by atoms with Crippen LogP contribution >= 0.6 is 0 Å². The quantitative estimate of drug-likeness (QED) is 0.663. The molecule has 0 saturated carbocycles. The fourth-order valence-electron chi connectivity index (χ4n) is 1.98. The van der Waals surface area contributed by atoms with Crippen molar-refractivity contribution in [3.63, 3.8) is 0 Å². The average molecular weight is 261 g/mol. The number of aromatic nitrogens is 2. The first-order valence-corrected chi connectivity index (χ1v) is 6.67. The summed E-state index contributed by atoms with van der Waals surface area (Å²) in [6.45, 7) is 5.61. The Balaban J connectivity index is 1.99. The van der Waals surface area contributed by atoms with Crippen LogP contribution in [0.2, 0.25) is 0 Å². The molecule has 0 amide bonds. The molecule has 5 heteroatoms. The Hall–Kier alpha value is -1.80. The van der Waals surface area contributed by atoms with Gasteiger partial charge in [-0.1, -0.05) is 18.9 Å². The van der Waals surface area contributed by atoms with Gasteiger partial charge in [0, 0.05) is 18.9 Å². The molecular formula is C14H19N3O2. The number of nitrogens with one attached hydrogen (secondary N) is 1. The minimum Gasteiger partial charge on any atom is -0.473 e. The molecule has 102 valence electrons. The maximum absolute atomic E-state index is 5.59. The average Bonchev–Trinajstić information content (AvgIpc) is 2.87. The summed E-state index contributed by atoms with van der Waals surface area (Å²) < 4.78 is 10.4. The van der Waals surface area contributed by atoms with E-state index in [9.17, 15) is 0 Å². The highest BCUT2D eigenvalue weighted by molar-refractivity contribution is 5.70. The van der Waals surface area contributed by atoms with Crippen LogP contribution in [0.1, 0.15) is 38.8 Å². The molecule has 0 radical (unpaired) electrons. The lowest BCUT2D eigenvalue weighted by atomic mass is 10.0. The molecule has 2 heterocycles. The van der Waals surface area contributed by atoms with Crippen molar-refractivity contribution in [3.05, 3.63) is 11.8 Å². The van der Waals surface area contributed by atoms with Crippen molar-refractivity contribution >= 4 is 5.57 Å². The van der Waals surface area contributed by atoms with Crippen molar-refractivity contribution < 1.29 is 9.37 Å². The smallest absolute Gasteiger partial charge is 0.283 e. The van der Waals surface area contributed by atoms with Gasteiger partial charge in [-0.3, -0.25) is 0 Å². The second kappa shape index (κ2) is 6.95. The fourth-order valence-corrected chi connectivity index (χ4v) is 1.98. The second-order valence-electron chi connectivity index (χ2n) is 4.35. The lowest BCUT2D eigenvalue weighted by Crippen LogP contribution is -2.31. The van der Waals surface area contributed by atoms with E-state index in [4.69, 9.17) is 9.37 Å². The monoisotopic (exact) mass is 261 g/mol. The number of nitrogens with zero attached hydrogens (tertiary/aromatic N) is 2. The molecule has 5 nitrogen and oxygen atoms in total. The summed E-state index contributed by atoms with van der Waals surface area (Å²) in [4.78, 5) is 0. The SMILES string of the molecule is CCC#CCCOc1nonc1C1=CCCNC1C. The molecule has 1 N–H and O–H groups in total. The van der Waals surface area contributed by atoms with Crippen molar-refractivity contribution in [3.8, 4) is 17.7 Å². The van der Waals surface area contributed by atoms with Gasteiger partial charge in [0.05, 0.1) is 0 Å². The Bertz CT molecular complexity index is 496. The third-order valence-electron chi connectivity index (χ3n) is 2.93. The van der Waals surface area contributed by atoms with Gasteiger partial charge < -0.3 is 10.1 Å². The maximum Gasteiger partial charge on any atom is 0.283 e. The van der Waals surface area contributed by atoms with Crippen LogP contribution in [0.15, 0.2) is 10.7 Å². The van der Waals surface area contributed by atoms with E-state index >= 15 is 0 Å². The van der Waals surface area contributed by atoms with E-state index in [-0.39, 0.29) is 6.04 Å². The molecule has 1 aliphatic rings. The van der Waals surface area contributed by atoms with Crippen molar-refractivity contribution in [2.75, 3.05) is 13.2 Å². The van der Waals surface area contributed by atoms with E-state index in [1.165, 1.54) is 0 Å². The molecule has 0 fully saturated rings. The van der Waals surface area contributed by atoms with E-state index in [0.29, 0.717) is 24.6 Å². The maximum atomic E-state index is 5.59. The summed E-state index contributed by atoms with van der Waals surface area (Å²) in [5.74, 6) is 6.49. The van der Waals surface area contributed by atoms with Crippen molar-refractivity contribution in [2.45, 2.75) is 39.2 Å². The van der Waals surface area contributed by atoms with Gasteiger partial charge >= 0.3 is 0 Å². The Morgan fingerprint density at radius 2 is 2.37 bits per heavy atom. The highest BCUT2D eigenvalue weighted by atomic mass is 16.6. The molecule has 0 saturated heterocycles. The normalized spacial score (nSPS) is 18.4. The predicted octanol–water partition coefficient (Wildman–Crippen LogP) is 2.02. The van der Waals surface area contributed by atoms with Gasteiger partial charge in [-0.25, -0.2) is 4.63 Å². The standard InChI is InChI=1S/C14H19N3O2/c1-3-4-5-6-10-18-14-13(16-19-17-14)12-8-7-9-15-11(12)2/h8,11,15H,3,6-7,9-10H2,1-2H3. The van der Waals surface area contributed by atoms with Crippen LogP contribution < -0.4 is 10.1 Å². The minimum absolute atomic E-state index is 0.239. The first-order valence-electron chi connectivity index (χ1n) is 6.67. The van der Waals surface area contributed by atoms with Crippen molar-refractivity contribution in [2.24, 2.45) is 0 Å². The zero-order chi connectivity index (χ0) is 13.5. The zero-order valence-corrected chi connectivity index (χ0v) is 11.4. The molecule has 1 atom stereocenters. The highest BCUT2D eigenvalue weighted by Crippen LogP contribution is 2.26. The van der Waals surface area contributed by atoms with Crippen molar-refractivity contribution in [1.29, 1.82) is 0 Å². The predicted molar refractivity (Wildman–Crippen MR) is 72.5 cm³/mol. The summed E-state index contributed by atoms with van der Waals surface area (Å²) in [6, 6.07) is 0.239. The van der Waals surface area contributed by atoms with E-state index in [0.717, 1.165) is 25.0 Å². The summed E-state index contributed by atoms with van der Waals surface area (Å²) in [6.07, 6.45) is 4.69. The molecule has 1 unspecified atom stereocenters. The summed E-state index contributed by atoms with van der Waals surface area (Å²) in [5.41, 5.74) is 1.78. The third kappa shape index (κ3) is 3.58. The molecule has 19 heavy (non-hydrogen) atoms. The van der Waals surface area contributed by atoms with Crippen LogP contribution in [0, 0.1) is 11.8 Å². The Morgan fingerprint density at radius 1 is 1.47 bits per heavy atom. The first-order chi connectivity index (χ1) is 9.33. The molecule has 1 aromatic heterocycles. The van der Waals surface area contributed by atoms with Gasteiger partial charge in [-0.15, -0.1) is 5.92 Å². The fraction of sp³-hybridized carbons (Fsp3) is 0.571. The molecule has 1 aliphatic heterocycles. The molecule has 0 aromatic carbocycles. The first kappa shape index (κ1) is 13.6. The Morgan fingerprint density at radius 3 is 3.16 bits per heavy atom. The highest BCUT2D eigenvalue weighted by Gasteiger charge is 2.22. The van der Waals surface area contributed by atoms with Gasteiger partial charge in [0.1, 0.15) is 6.61 Å². The number of hydrogen-bond acceptors (Lipinski definition) is 5. The van der Waals surface area contributed by atoms with Gasteiger partial charge in [0.15, 0.2) is 5.69 Å². The lowest BCUT2D eigenvalue weighted by Gasteiger charge is -2.20. The second-order valence-corrected chi connectivity index (χ2v) is 4.35. The van der Waals surface area contributed by atoms with E-state index in [2.05, 4.69) is 40.5 Å². The van der Waals surface area contributed by atoms with Crippen LogP contribution in [0.25, 0.3) is 5.57 Å². The van der Waals surface area contributed by atoms with E-state index < -0.39 is 0 Å². The summed E-state index contributed by atoms with van der Waals surface area (Å²) in [5, 5.41) is 11.1. The summed E-state index contributed by atoms with van der Waals surface area (Å²) in [7, 11) is 0. The van der Waals surface area contributed by atoms with Crippen LogP contribution in [-0.4, -0.2) is 29.5 Å². The van der Waals surface area contributed by atoms with Crippen molar-refractivity contribution in [1.82, 2.24) is 15.6 Å². The van der Waals surface area contributed by atoms with Crippen LogP contribution in [0.5, 0.6) is 5.88 Å². The lowest BCUT2D eigenvalue weighted by molar-refractivity contribution is 0.259. The minimum atomic E-state index is 0.239. The molecule has 0 bridgehead atoms. The van der Waals surface area contributed by atoms with Crippen LogP contribution in [0.3, 0.4) is 0 Å². The molecule has 0 spiro atoms. The molecule has 2 rings (SSSR count).